The number of morpholine rings is 1. The van der Waals surface area contributed by atoms with Gasteiger partial charge in [-0.3, -0.25) is 19.5 Å². The van der Waals surface area contributed by atoms with E-state index in [1.165, 1.54) is 6.07 Å². The second-order valence-electron chi connectivity index (χ2n) is 8.32. The van der Waals surface area contributed by atoms with E-state index in [-0.39, 0.29) is 24.8 Å². The van der Waals surface area contributed by atoms with Gasteiger partial charge in [-0.2, -0.15) is 13.2 Å². The Labute approximate surface area is 184 Å². The van der Waals surface area contributed by atoms with Crippen LogP contribution >= 0.6 is 0 Å². The van der Waals surface area contributed by atoms with Crippen LogP contribution in [0, 0.1) is 0 Å². The first-order chi connectivity index (χ1) is 15.2. The van der Waals surface area contributed by atoms with Crippen molar-refractivity contribution in [1.29, 1.82) is 0 Å². The molecule has 2 aliphatic rings. The Morgan fingerprint density at radius 3 is 2.44 bits per heavy atom. The topological polar surface area (TPSA) is 62.7 Å². The van der Waals surface area contributed by atoms with Gasteiger partial charge in [0.15, 0.2) is 5.78 Å². The molecule has 1 aromatic heterocycles. The minimum atomic E-state index is -4.44. The van der Waals surface area contributed by atoms with Crippen LogP contribution in [0.25, 0.3) is 0 Å². The van der Waals surface area contributed by atoms with Crippen LogP contribution in [0.2, 0.25) is 0 Å². The van der Waals surface area contributed by atoms with Gasteiger partial charge in [0.1, 0.15) is 6.61 Å². The quantitative estimate of drug-likeness (QED) is 0.659. The summed E-state index contributed by atoms with van der Waals surface area (Å²) in [7, 11) is 0. The van der Waals surface area contributed by atoms with Gasteiger partial charge in [0.05, 0.1) is 36.5 Å². The van der Waals surface area contributed by atoms with Crippen LogP contribution in [0.4, 0.5) is 13.2 Å². The molecular formula is C23H24F3N3O3. The smallest absolute Gasteiger partial charge is 0.363 e. The van der Waals surface area contributed by atoms with Crippen molar-refractivity contribution < 1.29 is 27.5 Å². The number of ether oxygens (including phenoxy) is 1. The summed E-state index contributed by atoms with van der Waals surface area (Å²) in [5, 5.41) is 0. The predicted molar refractivity (Wildman–Crippen MR) is 110 cm³/mol. The van der Waals surface area contributed by atoms with Gasteiger partial charge in [-0.1, -0.05) is 30.3 Å². The number of rotatable bonds is 5. The molecule has 0 radical (unpaired) electrons. The number of amides is 1. The van der Waals surface area contributed by atoms with Gasteiger partial charge in [-0.15, -0.1) is 0 Å². The van der Waals surface area contributed by atoms with Crippen molar-refractivity contribution in [2.24, 2.45) is 0 Å². The van der Waals surface area contributed by atoms with E-state index in [1.807, 2.05) is 18.2 Å². The van der Waals surface area contributed by atoms with E-state index in [9.17, 15) is 22.8 Å². The molecule has 2 saturated heterocycles. The molecule has 0 unspecified atom stereocenters. The van der Waals surface area contributed by atoms with Gasteiger partial charge >= 0.3 is 6.18 Å². The lowest BCUT2D eigenvalue weighted by atomic mass is 9.89. The van der Waals surface area contributed by atoms with Crippen LogP contribution in [-0.4, -0.2) is 64.9 Å². The first kappa shape index (κ1) is 22.4. The molecule has 9 heteroatoms. The SMILES string of the molecule is O=C(CN1CCC2(CC1)CN(Cc1ccc(C(F)(F)F)cn1)C(=O)CO2)c1ccccc1. The average Bonchev–Trinajstić information content (AvgIpc) is 2.78. The molecule has 0 aliphatic carbocycles. The Kier molecular flexibility index (Phi) is 6.30. The molecule has 3 heterocycles. The summed E-state index contributed by atoms with van der Waals surface area (Å²) >= 11 is 0. The Morgan fingerprint density at radius 1 is 1.09 bits per heavy atom. The highest BCUT2D eigenvalue weighted by atomic mass is 19.4. The lowest BCUT2D eigenvalue weighted by Crippen LogP contribution is -2.58. The number of pyridine rings is 1. The summed E-state index contributed by atoms with van der Waals surface area (Å²) in [6.07, 6.45) is -2.32. The fourth-order valence-corrected chi connectivity index (χ4v) is 4.15. The molecule has 170 valence electrons. The van der Waals surface area contributed by atoms with Gasteiger partial charge in [-0.05, 0) is 25.0 Å². The summed E-state index contributed by atoms with van der Waals surface area (Å²) in [6.45, 7) is 2.09. The summed E-state index contributed by atoms with van der Waals surface area (Å²) in [5.74, 6) is -0.143. The van der Waals surface area contributed by atoms with Gasteiger partial charge in [0.2, 0.25) is 5.91 Å². The van der Waals surface area contributed by atoms with Crippen molar-refractivity contribution in [1.82, 2.24) is 14.8 Å². The molecule has 2 aromatic rings. The fraction of sp³-hybridized carbons (Fsp3) is 0.435. The number of carbonyl (C=O) groups excluding carboxylic acids is 2. The third-order valence-corrected chi connectivity index (χ3v) is 6.07. The lowest BCUT2D eigenvalue weighted by molar-refractivity contribution is -0.172. The highest BCUT2D eigenvalue weighted by Crippen LogP contribution is 2.32. The van der Waals surface area contributed by atoms with Crippen molar-refractivity contribution >= 4 is 11.7 Å². The summed E-state index contributed by atoms with van der Waals surface area (Å²) in [6, 6.07) is 11.4. The van der Waals surface area contributed by atoms with Crippen molar-refractivity contribution in [3.05, 3.63) is 65.5 Å². The van der Waals surface area contributed by atoms with E-state index in [0.717, 1.165) is 12.3 Å². The molecule has 0 saturated carbocycles. The Hall–Kier alpha value is -2.78. The van der Waals surface area contributed by atoms with Gasteiger partial charge < -0.3 is 9.64 Å². The third kappa shape index (κ3) is 5.16. The maximum absolute atomic E-state index is 12.7. The first-order valence-corrected chi connectivity index (χ1v) is 10.5. The number of likely N-dealkylation sites (tertiary alicyclic amines) is 1. The van der Waals surface area contributed by atoms with Gasteiger partial charge in [-0.25, -0.2) is 0 Å². The molecule has 1 aromatic carbocycles. The summed E-state index contributed by atoms with van der Waals surface area (Å²) < 4.78 is 44.1. The zero-order valence-electron chi connectivity index (χ0n) is 17.5. The average molecular weight is 447 g/mol. The number of hydrogen-bond donors (Lipinski definition) is 0. The van der Waals surface area contributed by atoms with Gasteiger partial charge in [0.25, 0.3) is 0 Å². The minimum absolute atomic E-state index is 0.0659. The van der Waals surface area contributed by atoms with Crippen LogP contribution in [0.15, 0.2) is 48.7 Å². The van der Waals surface area contributed by atoms with E-state index in [0.29, 0.717) is 50.3 Å². The highest BCUT2D eigenvalue weighted by Gasteiger charge is 2.42. The molecule has 6 nitrogen and oxygen atoms in total. The number of halogens is 3. The van der Waals surface area contributed by atoms with Crippen molar-refractivity contribution in [2.75, 3.05) is 32.8 Å². The Bertz CT molecular complexity index is 956. The number of carbonyl (C=O) groups is 2. The molecule has 0 N–H and O–H groups in total. The van der Waals surface area contributed by atoms with E-state index < -0.39 is 17.3 Å². The minimum Gasteiger partial charge on any atom is -0.363 e. The maximum Gasteiger partial charge on any atom is 0.417 e. The van der Waals surface area contributed by atoms with Gasteiger partial charge in [0, 0.05) is 24.8 Å². The Balaban J connectivity index is 1.34. The van der Waals surface area contributed by atoms with E-state index in [4.69, 9.17) is 4.74 Å². The number of hydrogen-bond acceptors (Lipinski definition) is 5. The van der Waals surface area contributed by atoms with E-state index in [2.05, 4.69) is 9.88 Å². The molecule has 4 rings (SSSR count). The van der Waals surface area contributed by atoms with Crippen molar-refractivity contribution in [3.63, 3.8) is 0 Å². The number of nitrogens with zero attached hydrogens (tertiary/aromatic N) is 3. The normalized spacial score (nSPS) is 19.3. The molecule has 2 aliphatic heterocycles. The largest absolute Gasteiger partial charge is 0.417 e. The molecule has 1 amide bonds. The first-order valence-electron chi connectivity index (χ1n) is 10.5. The number of Topliss-reactive ketones (excluding diaryl/α,β-unsaturated/α-hetero) is 1. The summed E-state index contributed by atoms with van der Waals surface area (Å²) in [5.41, 5.74) is -0.244. The van der Waals surface area contributed by atoms with Crippen LogP contribution < -0.4 is 0 Å². The zero-order chi connectivity index (χ0) is 22.8. The zero-order valence-corrected chi connectivity index (χ0v) is 17.5. The molecule has 0 atom stereocenters. The van der Waals surface area contributed by atoms with E-state index in [1.54, 1.807) is 17.0 Å². The number of benzene rings is 1. The standard InChI is InChI=1S/C23H24F3N3O3/c24-23(25,26)18-6-7-19(27-12-18)13-29-16-22(32-15-21(29)31)8-10-28(11-9-22)14-20(30)17-4-2-1-3-5-17/h1-7,12H,8-11,13-16H2. The summed E-state index contributed by atoms with van der Waals surface area (Å²) in [4.78, 5) is 32.4. The number of ketones is 1. The van der Waals surface area contributed by atoms with Crippen LogP contribution in [0.3, 0.4) is 0 Å². The highest BCUT2D eigenvalue weighted by molar-refractivity contribution is 5.97. The molecule has 2 fully saturated rings. The Morgan fingerprint density at radius 2 is 1.81 bits per heavy atom. The van der Waals surface area contributed by atoms with Crippen LogP contribution in [-0.2, 0) is 22.3 Å². The molecule has 0 bridgehead atoms. The predicted octanol–water partition coefficient (Wildman–Crippen LogP) is 3.18. The fourth-order valence-electron chi connectivity index (χ4n) is 4.15. The van der Waals surface area contributed by atoms with Crippen molar-refractivity contribution in [3.8, 4) is 0 Å². The maximum atomic E-state index is 12.7. The second kappa shape index (κ2) is 8.99. The second-order valence-corrected chi connectivity index (χ2v) is 8.32. The molecular weight excluding hydrogens is 423 g/mol. The van der Waals surface area contributed by atoms with Crippen LogP contribution in [0.5, 0.6) is 0 Å². The third-order valence-electron chi connectivity index (χ3n) is 6.07. The van der Waals surface area contributed by atoms with Crippen molar-refractivity contribution in [2.45, 2.75) is 31.2 Å². The lowest BCUT2D eigenvalue weighted by Gasteiger charge is -2.46. The number of alkyl halides is 3. The molecule has 32 heavy (non-hydrogen) atoms. The number of piperidine rings is 1. The monoisotopic (exact) mass is 447 g/mol. The molecule has 1 spiro atoms. The van der Waals surface area contributed by atoms with Crippen LogP contribution in [0.1, 0.15) is 34.5 Å². The van der Waals surface area contributed by atoms with E-state index >= 15 is 0 Å². The number of aromatic nitrogens is 1.